The van der Waals surface area contributed by atoms with Gasteiger partial charge >= 0.3 is 0 Å². The lowest BCUT2D eigenvalue weighted by Crippen LogP contribution is -2.35. The fourth-order valence-corrected chi connectivity index (χ4v) is 4.02. The summed E-state index contributed by atoms with van der Waals surface area (Å²) in [6.45, 7) is 0.706. The van der Waals surface area contributed by atoms with E-state index in [-0.39, 0.29) is 17.2 Å². The Morgan fingerprint density at radius 3 is 2.48 bits per heavy atom. The third-order valence-electron chi connectivity index (χ3n) is 3.62. The number of halogens is 1. The molecule has 1 aliphatic rings. The minimum atomic E-state index is -3.54. The molecule has 110 valence electrons. The van der Waals surface area contributed by atoms with Gasteiger partial charge in [-0.1, -0.05) is 17.7 Å². The summed E-state index contributed by atoms with van der Waals surface area (Å²) in [4.78, 5) is 0.232. The van der Waals surface area contributed by atoms with Crippen LogP contribution in [0.25, 0.3) is 0 Å². The maximum atomic E-state index is 12.6. The quantitative estimate of drug-likeness (QED) is 0.924. The monoisotopic (exact) mass is 323 g/mol. The summed E-state index contributed by atoms with van der Waals surface area (Å²) in [5.74, 6) is 0.152. The zero-order valence-corrected chi connectivity index (χ0v) is 12.7. The molecule has 0 atom stereocenters. The summed E-state index contributed by atoms with van der Waals surface area (Å²) in [6, 6.07) is 11.2. The van der Waals surface area contributed by atoms with Crippen LogP contribution in [0.15, 0.2) is 47.4 Å². The molecule has 0 bridgehead atoms. The molecule has 0 amide bonds. The largest absolute Gasteiger partial charge is 0.508 e. The van der Waals surface area contributed by atoms with E-state index in [1.54, 1.807) is 24.3 Å². The van der Waals surface area contributed by atoms with Crippen molar-refractivity contribution in [3.8, 4) is 5.75 Å². The number of hydrogen-bond acceptors (Lipinski definition) is 3. The fourth-order valence-electron chi connectivity index (χ4n) is 2.48. The van der Waals surface area contributed by atoms with Crippen LogP contribution in [0, 0.1) is 0 Å². The van der Waals surface area contributed by atoms with Gasteiger partial charge < -0.3 is 5.11 Å². The average Bonchev–Trinajstić information content (AvgIpc) is 2.47. The molecule has 2 aromatic carbocycles. The Morgan fingerprint density at radius 1 is 1.05 bits per heavy atom. The summed E-state index contributed by atoms with van der Waals surface area (Å²) >= 11 is 5.80. The fraction of sp³-hybridized carbons (Fsp3) is 0.200. The van der Waals surface area contributed by atoms with Gasteiger partial charge in [0.15, 0.2) is 0 Å². The van der Waals surface area contributed by atoms with E-state index in [1.165, 1.54) is 16.4 Å². The molecule has 0 radical (unpaired) electrons. The minimum Gasteiger partial charge on any atom is -0.508 e. The zero-order chi connectivity index (χ0) is 15.0. The first-order valence-electron chi connectivity index (χ1n) is 6.53. The molecule has 0 saturated heterocycles. The molecule has 1 heterocycles. The van der Waals surface area contributed by atoms with E-state index in [1.807, 2.05) is 6.07 Å². The van der Waals surface area contributed by atoms with Crippen molar-refractivity contribution in [3.05, 3.63) is 58.6 Å². The molecule has 0 aliphatic carbocycles. The summed E-state index contributed by atoms with van der Waals surface area (Å²) in [5, 5.41) is 10.0. The van der Waals surface area contributed by atoms with Crippen LogP contribution in [0.5, 0.6) is 5.75 Å². The first kappa shape index (κ1) is 14.4. The highest BCUT2D eigenvalue weighted by Crippen LogP contribution is 2.27. The van der Waals surface area contributed by atoms with E-state index in [2.05, 4.69) is 0 Å². The number of nitrogens with zero attached hydrogens (tertiary/aromatic N) is 1. The molecule has 1 aliphatic heterocycles. The van der Waals surface area contributed by atoms with Crippen molar-refractivity contribution in [2.75, 3.05) is 6.54 Å². The molecule has 2 aromatic rings. The third-order valence-corrected chi connectivity index (χ3v) is 5.73. The van der Waals surface area contributed by atoms with Crippen molar-refractivity contribution >= 4 is 21.6 Å². The van der Waals surface area contributed by atoms with Crippen molar-refractivity contribution in [2.24, 2.45) is 0 Å². The maximum Gasteiger partial charge on any atom is 0.243 e. The van der Waals surface area contributed by atoms with Gasteiger partial charge in [-0.2, -0.15) is 4.31 Å². The second kappa shape index (κ2) is 5.33. The van der Waals surface area contributed by atoms with Crippen LogP contribution in [0.4, 0.5) is 0 Å². The van der Waals surface area contributed by atoms with E-state index in [0.717, 1.165) is 11.1 Å². The van der Waals surface area contributed by atoms with Crippen molar-refractivity contribution < 1.29 is 13.5 Å². The van der Waals surface area contributed by atoms with Crippen LogP contribution < -0.4 is 0 Å². The molecule has 0 saturated carbocycles. The molecule has 0 fully saturated rings. The molecule has 21 heavy (non-hydrogen) atoms. The van der Waals surface area contributed by atoms with Crippen LogP contribution in [0.1, 0.15) is 11.1 Å². The van der Waals surface area contributed by atoms with Crippen LogP contribution in [-0.4, -0.2) is 24.4 Å². The van der Waals surface area contributed by atoms with Gasteiger partial charge in [-0.15, -0.1) is 0 Å². The number of aromatic hydroxyl groups is 1. The SMILES string of the molecule is O=S(=O)(c1ccc(Cl)cc1)N1CCc2ccc(O)cc2C1. The van der Waals surface area contributed by atoms with Crippen LogP contribution in [0.3, 0.4) is 0 Å². The lowest BCUT2D eigenvalue weighted by Gasteiger charge is -2.28. The summed E-state index contributed by atoms with van der Waals surface area (Å²) in [7, 11) is -3.54. The number of sulfonamides is 1. The van der Waals surface area contributed by atoms with E-state index in [4.69, 9.17) is 11.6 Å². The van der Waals surface area contributed by atoms with Gasteiger partial charge in [0, 0.05) is 18.1 Å². The van der Waals surface area contributed by atoms with Crippen LogP contribution >= 0.6 is 11.6 Å². The Hall–Kier alpha value is -1.56. The Labute approximate surface area is 128 Å². The lowest BCUT2D eigenvalue weighted by atomic mass is 10.0. The molecule has 3 rings (SSSR count). The Bertz CT molecular complexity index is 772. The number of phenolic OH excluding ortho intramolecular Hbond substituents is 1. The molecular weight excluding hydrogens is 310 g/mol. The first-order chi connectivity index (χ1) is 9.96. The smallest absolute Gasteiger partial charge is 0.243 e. The third kappa shape index (κ3) is 2.77. The normalized spacial score (nSPS) is 15.7. The number of hydrogen-bond donors (Lipinski definition) is 1. The average molecular weight is 324 g/mol. The van der Waals surface area contributed by atoms with Crippen molar-refractivity contribution in [1.82, 2.24) is 4.31 Å². The van der Waals surface area contributed by atoms with Crippen LogP contribution in [-0.2, 0) is 23.0 Å². The second-order valence-corrected chi connectivity index (χ2v) is 7.37. The topological polar surface area (TPSA) is 57.6 Å². The van der Waals surface area contributed by atoms with E-state index in [9.17, 15) is 13.5 Å². The molecule has 0 spiro atoms. The number of benzene rings is 2. The molecule has 0 aromatic heterocycles. The maximum absolute atomic E-state index is 12.6. The molecule has 1 N–H and O–H groups in total. The van der Waals surface area contributed by atoms with Gasteiger partial charge in [-0.05, 0) is 53.9 Å². The number of fused-ring (bicyclic) bond motifs is 1. The summed E-state index contributed by atoms with van der Waals surface area (Å²) in [5.41, 5.74) is 1.93. The van der Waals surface area contributed by atoms with Crippen molar-refractivity contribution in [2.45, 2.75) is 17.9 Å². The van der Waals surface area contributed by atoms with Gasteiger partial charge in [-0.3, -0.25) is 0 Å². The Balaban J connectivity index is 1.93. The van der Waals surface area contributed by atoms with Gasteiger partial charge in [0.2, 0.25) is 10.0 Å². The highest BCUT2D eigenvalue weighted by molar-refractivity contribution is 7.89. The molecule has 0 unspecified atom stereocenters. The lowest BCUT2D eigenvalue weighted by molar-refractivity contribution is 0.389. The van der Waals surface area contributed by atoms with Gasteiger partial charge in [-0.25, -0.2) is 8.42 Å². The summed E-state index contributed by atoms with van der Waals surface area (Å²) < 4.78 is 26.7. The Morgan fingerprint density at radius 2 is 1.76 bits per heavy atom. The highest BCUT2D eigenvalue weighted by Gasteiger charge is 2.28. The van der Waals surface area contributed by atoms with Gasteiger partial charge in [0.25, 0.3) is 0 Å². The van der Waals surface area contributed by atoms with E-state index >= 15 is 0 Å². The molecule has 6 heteroatoms. The highest BCUT2D eigenvalue weighted by atomic mass is 35.5. The first-order valence-corrected chi connectivity index (χ1v) is 8.35. The molecular formula is C15H14ClNO3S. The predicted molar refractivity (Wildman–Crippen MR) is 80.9 cm³/mol. The van der Waals surface area contributed by atoms with Gasteiger partial charge in [0.1, 0.15) is 5.75 Å². The van der Waals surface area contributed by atoms with E-state index in [0.29, 0.717) is 18.0 Å². The minimum absolute atomic E-state index is 0.152. The molecule has 4 nitrogen and oxygen atoms in total. The number of rotatable bonds is 2. The van der Waals surface area contributed by atoms with E-state index < -0.39 is 10.0 Å². The predicted octanol–water partition coefficient (Wildman–Crippen LogP) is 2.79. The number of phenols is 1. The second-order valence-electron chi connectivity index (χ2n) is 5.00. The van der Waals surface area contributed by atoms with Crippen molar-refractivity contribution in [3.63, 3.8) is 0 Å². The standard InChI is InChI=1S/C15H14ClNO3S/c16-13-2-5-15(6-3-13)21(19,20)17-8-7-11-1-4-14(18)9-12(11)10-17/h1-6,9,18H,7-8,10H2. The van der Waals surface area contributed by atoms with Crippen molar-refractivity contribution in [1.29, 1.82) is 0 Å². The zero-order valence-electron chi connectivity index (χ0n) is 11.2. The Kier molecular flexibility index (Phi) is 3.65. The summed E-state index contributed by atoms with van der Waals surface area (Å²) in [6.07, 6.45) is 0.641. The van der Waals surface area contributed by atoms with Crippen LogP contribution in [0.2, 0.25) is 5.02 Å². The van der Waals surface area contributed by atoms with Gasteiger partial charge in [0.05, 0.1) is 4.90 Å².